The van der Waals surface area contributed by atoms with Crippen LogP contribution in [0.4, 0.5) is 4.79 Å². The molecule has 3 aliphatic rings. The van der Waals surface area contributed by atoms with Crippen molar-refractivity contribution >= 4 is 17.8 Å². The number of nitrogens with one attached hydrogen (secondary N) is 1. The van der Waals surface area contributed by atoms with E-state index in [9.17, 15) is 14.4 Å². The van der Waals surface area contributed by atoms with Crippen LogP contribution in [0.15, 0.2) is 6.20 Å². The highest BCUT2D eigenvalue weighted by Crippen LogP contribution is 2.30. The molecule has 1 aromatic rings. The molecule has 0 unspecified atom stereocenters. The molecule has 0 aromatic carbocycles. The molecule has 134 valence electrons. The Morgan fingerprint density at radius 1 is 1.44 bits per heavy atom. The Kier molecular flexibility index (Phi) is 3.53. The van der Waals surface area contributed by atoms with Gasteiger partial charge in [0.1, 0.15) is 12.1 Å². The molecule has 2 fully saturated rings. The number of fused-ring (bicyclic) bond motifs is 3. The van der Waals surface area contributed by atoms with E-state index in [1.807, 2.05) is 4.68 Å². The summed E-state index contributed by atoms with van der Waals surface area (Å²) < 4.78 is 7.63. The highest BCUT2D eigenvalue weighted by atomic mass is 16.5. The monoisotopic (exact) mass is 348 g/mol. The maximum atomic E-state index is 12.6. The first-order valence-corrected chi connectivity index (χ1v) is 8.29. The summed E-state index contributed by atoms with van der Waals surface area (Å²) in [6, 6.07) is -0.624. The number of rotatable bonds is 2. The number of carbonyl (C=O) groups is 3. The first-order chi connectivity index (χ1) is 11.9. The van der Waals surface area contributed by atoms with Crippen LogP contribution in [-0.4, -0.2) is 73.9 Å². The van der Waals surface area contributed by atoms with Crippen molar-refractivity contribution in [2.45, 2.75) is 44.6 Å². The molecule has 1 N–H and O–H groups in total. The number of amides is 4. The number of imide groups is 1. The van der Waals surface area contributed by atoms with E-state index in [0.29, 0.717) is 26.1 Å². The largest absolute Gasteiger partial charge is 0.370 e. The second-order valence-electron chi connectivity index (χ2n) is 7.16. The van der Waals surface area contributed by atoms with Crippen LogP contribution in [0.5, 0.6) is 0 Å². The summed E-state index contributed by atoms with van der Waals surface area (Å²) in [5.74, 6) is -0.646. The second-order valence-corrected chi connectivity index (χ2v) is 7.16. The average molecular weight is 348 g/mol. The van der Waals surface area contributed by atoms with Crippen LogP contribution in [0.2, 0.25) is 0 Å². The molecule has 4 amide bonds. The number of piperidine rings is 1. The predicted octanol–water partition coefficient (Wildman–Crippen LogP) is -0.719. The molecular weight excluding hydrogens is 328 g/mol. The predicted molar refractivity (Wildman–Crippen MR) is 83.2 cm³/mol. The number of likely N-dealkylation sites (tertiary alicyclic amines) is 1. The molecular formula is C15H20N6O4. The van der Waals surface area contributed by atoms with Gasteiger partial charge in [0.05, 0.1) is 30.6 Å². The van der Waals surface area contributed by atoms with Gasteiger partial charge in [-0.1, -0.05) is 5.21 Å². The fraction of sp³-hybridized carbons (Fsp3) is 0.667. The van der Waals surface area contributed by atoms with Crippen molar-refractivity contribution < 1.29 is 19.1 Å². The standard InChI is InChI=1S/C15H20N6O4/c1-15(2)13(23)20(14(24)17-15)7-12(22)19-4-3-11-10(6-19)21-9(8-25-11)5-16-18-21/h5,10-11H,3-4,6-8H2,1-2H3,(H,17,24)/t10-,11-/m0/s1. The van der Waals surface area contributed by atoms with E-state index in [1.165, 1.54) is 0 Å². The van der Waals surface area contributed by atoms with Crippen LogP contribution in [0.1, 0.15) is 32.0 Å². The van der Waals surface area contributed by atoms with E-state index in [-0.39, 0.29) is 30.5 Å². The zero-order valence-corrected chi connectivity index (χ0v) is 14.1. The van der Waals surface area contributed by atoms with Crippen molar-refractivity contribution in [2.24, 2.45) is 0 Å². The molecule has 1 aromatic heterocycles. The molecule has 4 rings (SSSR count). The van der Waals surface area contributed by atoms with Crippen molar-refractivity contribution in [1.82, 2.24) is 30.1 Å². The lowest BCUT2D eigenvalue weighted by Crippen LogP contribution is -2.52. The summed E-state index contributed by atoms with van der Waals surface area (Å²) in [5.41, 5.74) is -0.0941. The van der Waals surface area contributed by atoms with Crippen molar-refractivity contribution in [2.75, 3.05) is 19.6 Å². The van der Waals surface area contributed by atoms with E-state index < -0.39 is 11.6 Å². The summed E-state index contributed by atoms with van der Waals surface area (Å²) in [4.78, 5) is 39.5. The molecule has 0 spiro atoms. The molecule has 2 saturated heterocycles. The zero-order chi connectivity index (χ0) is 17.8. The number of ether oxygens (including phenoxy) is 1. The van der Waals surface area contributed by atoms with Gasteiger partial charge in [0.25, 0.3) is 5.91 Å². The number of aromatic nitrogens is 3. The molecule has 0 saturated carbocycles. The number of nitrogens with zero attached hydrogens (tertiary/aromatic N) is 5. The highest BCUT2D eigenvalue weighted by molar-refractivity contribution is 6.08. The maximum Gasteiger partial charge on any atom is 0.325 e. The van der Waals surface area contributed by atoms with E-state index in [4.69, 9.17) is 4.74 Å². The smallest absolute Gasteiger partial charge is 0.325 e. The van der Waals surface area contributed by atoms with Crippen LogP contribution in [0, 0.1) is 0 Å². The molecule has 4 heterocycles. The van der Waals surface area contributed by atoms with Crippen LogP contribution in [0.3, 0.4) is 0 Å². The van der Waals surface area contributed by atoms with Gasteiger partial charge < -0.3 is 15.0 Å². The fourth-order valence-corrected chi connectivity index (χ4v) is 3.60. The Bertz CT molecular complexity index is 744. The Morgan fingerprint density at radius 3 is 2.96 bits per heavy atom. The van der Waals surface area contributed by atoms with Gasteiger partial charge in [-0.3, -0.25) is 14.5 Å². The molecule has 10 heteroatoms. The van der Waals surface area contributed by atoms with Crippen molar-refractivity contribution in [3.63, 3.8) is 0 Å². The number of hydrogen-bond acceptors (Lipinski definition) is 6. The highest BCUT2D eigenvalue weighted by Gasteiger charge is 2.46. The summed E-state index contributed by atoms with van der Waals surface area (Å²) in [6.07, 6.45) is 2.34. The Balaban J connectivity index is 1.46. The molecule has 0 aliphatic carbocycles. The van der Waals surface area contributed by atoms with Gasteiger partial charge in [0.2, 0.25) is 5.91 Å². The average Bonchev–Trinajstić information content (AvgIpc) is 3.13. The van der Waals surface area contributed by atoms with Gasteiger partial charge in [-0.25, -0.2) is 9.48 Å². The SMILES string of the molecule is CC1(C)NC(=O)N(CC(=O)N2CC[C@@H]3OCc4cnnn4[C@H]3C2)C1=O. The number of urea groups is 1. The third-order valence-electron chi connectivity index (χ3n) is 5.02. The summed E-state index contributed by atoms with van der Waals surface area (Å²) in [6.45, 7) is 4.41. The van der Waals surface area contributed by atoms with Crippen molar-refractivity contribution in [3.05, 3.63) is 11.9 Å². The summed E-state index contributed by atoms with van der Waals surface area (Å²) >= 11 is 0. The quantitative estimate of drug-likeness (QED) is 0.707. The molecule has 0 bridgehead atoms. The van der Waals surface area contributed by atoms with Crippen LogP contribution in [0.25, 0.3) is 0 Å². The van der Waals surface area contributed by atoms with E-state index in [2.05, 4.69) is 15.6 Å². The maximum absolute atomic E-state index is 12.6. The van der Waals surface area contributed by atoms with Gasteiger partial charge in [-0.05, 0) is 20.3 Å². The Morgan fingerprint density at radius 2 is 2.24 bits per heavy atom. The summed E-state index contributed by atoms with van der Waals surface area (Å²) in [5, 5.41) is 10.6. The van der Waals surface area contributed by atoms with Crippen molar-refractivity contribution in [3.8, 4) is 0 Å². The molecule has 25 heavy (non-hydrogen) atoms. The summed E-state index contributed by atoms with van der Waals surface area (Å²) in [7, 11) is 0. The van der Waals surface area contributed by atoms with Gasteiger partial charge >= 0.3 is 6.03 Å². The lowest BCUT2D eigenvalue weighted by Gasteiger charge is -2.41. The van der Waals surface area contributed by atoms with Crippen molar-refractivity contribution in [1.29, 1.82) is 0 Å². The third kappa shape index (κ3) is 2.56. The van der Waals surface area contributed by atoms with Crippen LogP contribution in [-0.2, 0) is 20.9 Å². The van der Waals surface area contributed by atoms with E-state index in [1.54, 1.807) is 24.9 Å². The first-order valence-electron chi connectivity index (χ1n) is 8.29. The van der Waals surface area contributed by atoms with Crippen LogP contribution < -0.4 is 5.32 Å². The molecule has 2 atom stereocenters. The van der Waals surface area contributed by atoms with Gasteiger partial charge in [-0.15, -0.1) is 5.10 Å². The Hall–Kier alpha value is -2.49. The van der Waals surface area contributed by atoms with Gasteiger partial charge in [0.15, 0.2) is 0 Å². The first kappa shape index (κ1) is 16.0. The van der Waals surface area contributed by atoms with Gasteiger partial charge in [0, 0.05) is 13.1 Å². The third-order valence-corrected chi connectivity index (χ3v) is 5.02. The minimum absolute atomic E-state index is 0.00565. The lowest BCUT2D eigenvalue weighted by molar-refractivity contribution is -0.142. The number of hydrogen-bond donors (Lipinski definition) is 1. The number of carbonyl (C=O) groups excluding carboxylic acids is 3. The molecule has 10 nitrogen and oxygen atoms in total. The lowest BCUT2D eigenvalue weighted by atomic mass is 10.0. The normalized spacial score (nSPS) is 27.8. The minimum atomic E-state index is -0.975. The second kappa shape index (κ2) is 5.51. The zero-order valence-electron chi connectivity index (χ0n) is 14.1. The van der Waals surface area contributed by atoms with Crippen LogP contribution >= 0.6 is 0 Å². The van der Waals surface area contributed by atoms with E-state index >= 15 is 0 Å². The fourth-order valence-electron chi connectivity index (χ4n) is 3.60. The Labute approximate surface area is 144 Å². The van der Waals surface area contributed by atoms with Gasteiger partial charge in [-0.2, -0.15) is 0 Å². The van der Waals surface area contributed by atoms with E-state index in [0.717, 1.165) is 10.6 Å². The topological polar surface area (TPSA) is 110 Å². The minimum Gasteiger partial charge on any atom is -0.370 e. The molecule has 3 aliphatic heterocycles. The molecule has 0 radical (unpaired) electrons.